The lowest BCUT2D eigenvalue weighted by atomic mass is 10.1. The Morgan fingerprint density at radius 2 is 1.70 bits per heavy atom. The monoisotopic (exact) mass is 274 g/mol. The van der Waals surface area contributed by atoms with Gasteiger partial charge in [-0.25, -0.2) is 4.39 Å². The lowest BCUT2D eigenvalue weighted by Crippen LogP contribution is -2.00. The molecule has 2 aromatic rings. The fraction of sp³-hybridized carbons (Fsp3) is 0.188. The first kappa shape index (κ1) is 14.1. The van der Waals surface area contributed by atoms with Gasteiger partial charge in [-0.05, 0) is 55.8 Å². The molecule has 4 heteroatoms. The maximum atomic E-state index is 13.5. The van der Waals surface area contributed by atoms with Crippen LogP contribution in [0.25, 0.3) is 0 Å². The van der Waals surface area contributed by atoms with Crippen LogP contribution < -0.4 is 9.47 Å². The third-order valence-corrected chi connectivity index (χ3v) is 2.93. The van der Waals surface area contributed by atoms with Crippen molar-refractivity contribution in [3.05, 3.63) is 53.3 Å². The zero-order valence-corrected chi connectivity index (χ0v) is 11.6. The van der Waals surface area contributed by atoms with Gasteiger partial charge in [0.05, 0.1) is 12.7 Å². The molecule has 0 bridgehead atoms. The van der Waals surface area contributed by atoms with E-state index in [1.165, 1.54) is 19.1 Å². The van der Waals surface area contributed by atoms with Gasteiger partial charge in [0, 0.05) is 0 Å². The molecule has 0 amide bonds. The number of ether oxygens (including phenoxy) is 2. The number of rotatable bonds is 4. The highest BCUT2D eigenvalue weighted by atomic mass is 19.1. The number of hydrogen-bond donors (Lipinski definition) is 0. The van der Waals surface area contributed by atoms with Crippen LogP contribution in [-0.4, -0.2) is 12.9 Å². The van der Waals surface area contributed by atoms with Gasteiger partial charge in [-0.3, -0.25) is 4.79 Å². The fourth-order valence-electron chi connectivity index (χ4n) is 1.79. The smallest absolute Gasteiger partial charge is 0.163 e. The largest absolute Gasteiger partial charge is 0.497 e. The Balaban J connectivity index is 2.36. The maximum absolute atomic E-state index is 13.5. The Bertz CT molecular complexity index is 633. The van der Waals surface area contributed by atoms with Crippen molar-refractivity contribution in [1.29, 1.82) is 0 Å². The summed E-state index contributed by atoms with van der Waals surface area (Å²) in [6.07, 6.45) is 0. The molecule has 0 unspecified atom stereocenters. The van der Waals surface area contributed by atoms with Gasteiger partial charge in [-0.15, -0.1) is 0 Å². The summed E-state index contributed by atoms with van der Waals surface area (Å²) in [5, 5.41) is 0. The van der Waals surface area contributed by atoms with Crippen LogP contribution >= 0.6 is 0 Å². The van der Waals surface area contributed by atoms with E-state index in [1.54, 1.807) is 38.3 Å². The minimum absolute atomic E-state index is 0.226. The van der Waals surface area contributed by atoms with Crippen molar-refractivity contribution in [1.82, 2.24) is 0 Å². The van der Waals surface area contributed by atoms with Crippen molar-refractivity contribution in [3.63, 3.8) is 0 Å². The van der Waals surface area contributed by atoms with Gasteiger partial charge in [-0.2, -0.15) is 0 Å². The molecule has 2 rings (SSSR count). The number of benzene rings is 2. The number of methoxy groups -OCH3 is 1. The van der Waals surface area contributed by atoms with Crippen LogP contribution in [0.4, 0.5) is 4.39 Å². The number of carbonyl (C=O) groups is 1. The van der Waals surface area contributed by atoms with Crippen molar-refractivity contribution in [2.45, 2.75) is 13.8 Å². The van der Waals surface area contributed by atoms with E-state index in [2.05, 4.69) is 0 Å². The quantitative estimate of drug-likeness (QED) is 0.786. The summed E-state index contributed by atoms with van der Waals surface area (Å²) >= 11 is 0. The number of ketones is 1. The predicted octanol–water partition coefficient (Wildman–Crippen LogP) is 4.14. The molecule has 0 heterocycles. The van der Waals surface area contributed by atoms with Crippen LogP contribution in [0.5, 0.6) is 17.2 Å². The van der Waals surface area contributed by atoms with Gasteiger partial charge in [0.15, 0.2) is 5.78 Å². The lowest BCUT2D eigenvalue weighted by Gasteiger charge is -2.11. The van der Waals surface area contributed by atoms with E-state index < -0.39 is 5.82 Å². The normalized spacial score (nSPS) is 10.2. The molecular formula is C16H15FO3. The topological polar surface area (TPSA) is 35.5 Å². The van der Waals surface area contributed by atoms with Gasteiger partial charge in [0.2, 0.25) is 0 Å². The molecule has 0 spiro atoms. The molecule has 0 saturated carbocycles. The highest BCUT2D eigenvalue weighted by Crippen LogP contribution is 2.29. The summed E-state index contributed by atoms with van der Waals surface area (Å²) in [6, 6.07) is 9.67. The van der Waals surface area contributed by atoms with Crippen LogP contribution in [-0.2, 0) is 0 Å². The Morgan fingerprint density at radius 3 is 2.25 bits per heavy atom. The Labute approximate surface area is 117 Å². The first-order valence-electron chi connectivity index (χ1n) is 6.14. The van der Waals surface area contributed by atoms with Crippen LogP contribution in [0.15, 0.2) is 36.4 Å². The molecule has 0 N–H and O–H groups in total. The molecule has 0 saturated heterocycles. The van der Waals surface area contributed by atoms with Crippen molar-refractivity contribution < 1.29 is 18.7 Å². The summed E-state index contributed by atoms with van der Waals surface area (Å²) in [5.41, 5.74) is 0.655. The summed E-state index contributed by atoms with van der Waals surface area (Å²) in [7, 11) is 1.58. The molecule has 0 aliphatic heterocycles. The van der Waals surface area contributed by atoms with E-state index in [9.17, 15) is 9.18 Å². The number of carbonyl (C=O) groups excluding carboxylic acids is 1. The average molecular weight is 274 g/mol. The Kier molecular flexibility index (Phi) is 4.03. The highest BCUT2D eigenvalue weighted by molar-refractivity contribution is 5.97. The number of aryl methyl sites for hydroxylation is 1. The lowest BCUT2D eigenvalue weighted by molar-refractivity contribution is 0.101. The molecular weight excluding hydrogens is 259 g/mol. The molecule has 104 valence electrons. The standard InChI is InChI=1S/C16H15FO3/c1-10-8-16(14(11(2)18)9-15(10)17)20-13-6-4-12(19-3)5-7-13/h4-9H,1-3H3. The van der Waals surface area contributed by atoms with Crippen LogP contribution in [0.1, 0.15) is 22.8 Å². The second-order valence-electron chi connectivity index (χ2n) is 4.43. The zero-order chi connectivity index (χ0) is 14.7. The molecule has 0 aliphatic rings. The molecule has 0 aliphatic carbocycles. The summed E-state index contributed by atoms with van der Waals surface area (Å²) in [4.78, 5) is 11.6. The van der Waals surface area contributed by atoms with E-state index in [0.29, 0.717) is 22.8 Å². The van der Waals surface area contributed by atoms with E-state index in [0.717, 1.165) is 0 Å². The van der Waals surface area contributed by atoms with Gasteiger partial charge < -0.3 is 9.47 Å². The van der Waals surface area contributed by atoms with Gasteiger partial charge in [0.1, 0.15) is 23.1 Å². The van der Waals surface area contributed by atoms with Gasteiger partial charge >= 0.3 is 0 Å². The van der Waals surface area contributed by atoms with Crippen LogP contribution in [0.2, 0.25) is 0 Å². The molecule has 2 aromatic carbocycles. The van der Waals surface area contributed by atoms with Crippen molar-refractivity contribution in [3.8, 4) is 17.2 Å². The third-order valence-electron chi connectivity index (χ3n) is 2.93. The molecule has 0 atom stereocenters. The minimum Gasteiger partial charge on any atom is -0.497 e. The first-order valence-corrected chi connectivity index (χ1v) is 6.14. The molecule has 0 aromatic heterocycles. The summed E-state index contributed by atoms with van der Waals surface area (Å²) in [6.45, 7) is 3.01. The van der Waals surface area contributed by atoms with E-state index in [1.807, 2.05) is 0 Å². The SMILES string of the molecule is COc1ccc(Oc2cc(C)c(F)cc2C(C)=O)cc1. The Hall–Kier alpha value is -2.36. The van der Waals surface area contributed by atoms with E-state index >= 15 is 0 Å². The second kappa shape index (κ2) is 5.74. The molecule has 0 radical (unpaired) electrons. The predicted molar refractivity (Wildman–Crippen MR) is 74.2 cm³/mol. The first-order chi connectivity index (χ1) is 9.51. The molecule has 20 heavy (non-hydrogen) atoms. The van der Waals surface area contributed by atoms with Gasteiger partial charge in [-0.1, -0.05) is 0 Å². The maximum Gasteiger partial charge on any atom is 0.163 e. The van der Waals surface area contributed by atoms with E-state index in [-0.39, 0.29) is 11.3 Å². The molecule has 3 nitrogen and oxygen atoms in total. The number of hydrogen-bond acceptors (Lipinski definition) is 3. The minimum atomic E-state index is -0.419. The highest BCUT2D eigenvalue weighted by Gasteiger charge is 2.13. The molecule has 0 fully saturated rings. The summed E-state index contributed by atoms with van der Waals surface area (Å²) in [5.74, 6) is 0.949. The van der Waals surface area contributed by atoms with Crippen molar-refractivity contribution in [2.24, 2.45) is 0 Å². The van der Waals surface area contributed by atoms with Crippen LogP contribution in [0, 0.1) is 12.7 Å². The van der Waals surface area contributed by atoms with Crippen LogP contribution in [0.3, 0.4) is 0 Å². The van der Waals surface area contributed by atoms with Crippen molar-refractivity contribution in [2.75, 3.05) is 7.11 Å². The van der Waals surface area contributed by atoms with E-state index in [4.69, 9.17) is 9.47 Å². The number of halogens is 1. The zero-order valence-electron chi connectivity index (χ0n) is 11.6. The third kappa shape index (κ3) is 2.96. The Morgan fingerprint density at radius 1 is 1.10 bits per heavy atom. The number of Topliss-reactive ketones (excluding diaryl/α,β-unsaturated/α-hetero) is 1. The fourth-order valence-corrected chi connectivity index (χ4v) is 1.79. The summed E-state index contributed by atoms with van der Waals surface area (Å²) < 4.78 is 24.3. The van der Waals surface area contributed by atoms with Crippen molar-refractivity contribution >= 4 is 5.78 Å². The van der Waals surface area contributed by atoms with Gasteiger partial charge in [0.25, 0.3) is 0 Å². The average Bonchev–Trinajstić information content (AvgIpc) is 2.43. The second-order valence-corrected chi connectivity index (χ2v) is 4.43.